The van der Waals surface area contributed by atoms with Gasteiger partial charge in [-0.25, -0.2) is 0 Å². The first-order chi connectivity index (χ1) is 5.68. The third kappa shape index (κ3) is 1.11. The van der Waals surface area contributed by atoms with Crippen LogP contribution >= 0.6 is 31.9 Å². The summed E-state index contributed by atoms with van der Waals surface area (Å²) in [6.45, 7) is 0. The van der Waals surface area contributed by atoms with E-state index in [-0.39, 0.29) is 0 Å². The van der Waals surface area contributed by atoms with Gasteiger partial charge in [-0.1, -0.05) is 20.8 Å². The lowest BCUT2D eigenvalue weighted by Gasteiger charge is -1.94. The predicted molar refractivity (Wildman–Crippen MR) is 50.1 cm³/mol. The molecule has 0 aliphatic heterocycles. The summed E-state index contributed by atoms with van der Waals surface area (Å²) in [5.74, 6) is 0. The average Bonchev–Trinajstić information content (AvgIpc) is 2.33. The summed E-state index contributed by atoms with van der Waals surface area (Å²) in [4.78, 5) is 0.741. The molecule has 1 aromatic carbocycles. The van der Waals surface area contributed by atoms with Gasteiger partial charge < -0.3 is 5.21 Å². The summed E-state index contributed by atoms with van der Waals surface area (Å²) in [5, 5.41) is 16.4. The Bertz CT molecular complexity index is 440. The summed E-state index contributed by atoms with van der Waals surface area (Å²) in [5.41, 5.74) is 1.21. The number of hydrogen-bond acceptors (Lipinski definition) is 3. The molecule has 0 unspecified atom stereocenters. The van der Waals surface area contributed by atoms with Crippen molar-refractivity contribution in [2.75, 3.05) is 0 Å². The van der Waals surface area contributed by atoms with Crippen molar-refractivity contribution in [1.82, 2.24) is 15.2 Å². The van der Waals surface area contributed by atoms with Crippen LogP contribution in [0.25, 0.3) is 11.0 Å². The molecule has 0 bridgehead atoms. The van der Waals surface area contributed by atoms with E-state index in [0.29, 0.717) is 11.0 Å². The maximum Gasteiger partial charge on any atom is 0.132 e. The molecule has 2 rings (SSSR count). The van der Waals surface area contributed by atoms with Gasteiger partial charge in [-0.2, -0.15) is 0 Å². The van der Waals surface area contributed by atoms with Crippen LogP contribution in [0.15, 0.2) is 21.1 Å². The van der Waals surface area contributed by atoms with Crippen molar-refractivity contribution in [3.05, 3.63) is 21.1 Å². The SMILES string of the molecule is On1nnc2c(Br)cc(Br)cc21. The van der Waals surface area contributed by atoms with Gasteiger partial charge in [-0.3, -0.25) is 0 Å². The van der Waals surface area contributed by atoms with Crippen LogP contribution in [-0.4, -0.2) is 20.4 Å². The smallest absolute Gasteiger partial charge is 0.132 e. The van der Waals surface area contributed by atoms with Gasteiger partial charge in [0.05, 0.1) is 0 Å². The summed E-state index contributed by atoms with van der Waals surface area (Å²) in [6.07, 6.45) is 0. The molecule has 0 spiro atoms. The Hall–Kier alpha value is -0.620. The monoisotopic (exact) mass is 291 g/mol. The highest BCUT2D eigenvalue weighted by atomic mass is 79.9. The second kappa shape index (κ2) is 2.70. The second-order valence-corrected chi connectivity index (χ2v) is 4.00. The molecular formula is C6H3Br2N3O. The molecule has 6 heteroatoms. The Morgan fingerprint density at radius 3 is 2.83 bits per heavy atom. The lowest BCUT2D eigenvalue weighted by atomic mass is 10.3. The summed E-state index contributed by atoms with van der Waals surface area (Å²) < 4.78 is 1.66. The van der Waals surface area contributed by atoms with Crippen molar-refractivity contribution in [2.24, 2.45) is 0 Å². The van der Waals surface area contributed by atoms with Crippen LogP contribution in [0.5, 0.6) is 0 Å². The molecule has 62 valence electrons. The third-order valence-corrected chi connectivity index (χ3v) is 2.52. The van der Waals surface area contributed by atoms with E-state index in [0.717, 1.165) is 13.8 Å². The van der Waals surface area contributed by atoms with E-state index >= 15 is 0 Å². The quantitative estimate of drug-likeness (QED) is 0.757. The van der Waals surface area contributed by atoms with Crippen molar-refractivity contribution < 1.29 is 5.21 Å². The Morgan fingerprint density at radius 1 is 1.33 bits per heavy atom. The van der Waals surface area contributed by atoms with Crippen LogP contribution in [-0.2, 0) is 0 Å². The number of hydrogen-bond donors (Lipinski definition) is 1. The largest absolute Gasteiger partial charge is 0.410 e. The first-order valence-electron chi connectivity index (χ1n) is 3.08. The lowest BCUT2D eigenvalue weighted by Crippen LogP contribution is -1.91. The minimum absolute atomic E-state index is 0.566. The number of aromatic nitrogens is 3. The van der Waals surface area contributed by atoms with Gasteiger partial charge in [0.2, 0.25) is 0 Å². The van der Waals surface area contributed by atoms with E-state index in [1.807, 2.05) is 6.07 Å². The van der Waals surface area contributed by atoms with Gasteiger partial charge in [-0.15, -0.1) is 5.10 Å². The molecule has 1 aromatic heterocycles. The zero-order valence-electron chi connectivity index (χ0n) is 5.70. The van der Waals surface area contributed by atoms with Gasteiger partial charge in [0.15, 0.2) is 0 Å². The minimum Gasteiger partial charge on any atom is -0.410 e. The number of nitrogens with zero attached hydrogens (tertiary/aromatic N) is 3. The van der Waals surface area contributed by atoms with Gasteiger partial charge in [0, 0.05) is 8.95 Å². The Balaban J connectivity index is 2.92. The lowest BCUT2D eigenvalue weighted by molar-refractivity contribution is 0.154. The zero-order valence-corrected chi connectivity index (χ0v) is 8.87. The molecule has 0 aliphatic carbocycles. The molecule has 0 fully saturated rings. The van der Waals surface area contributed by atoms with Crippen LogP contribution in [0.3, 0.4) is 0 Å². The maximum atomic E-state index is 9.16. The fourth-order valence-corrected chi connectivity index (χ4v) is 2.22. The Kier molecular flexibility index (Phi) is 1.80. The van der Waals surface area contributed by atoms with Crippen molar-refractivity contribution >= 4 is 42.9 Å². The molecule has 1 N–H and O–H groups in total. The van der Waals surface area contributed by atoms with Crippen molar-refractivity contribution in [3.8, 4) is 0 Å². The molecular weight excluding hydrogens is 290 g/mol. The summed E-state index contributed by atoms with van der Waals surface area (Å²) >= 11 is 6.60. The van der Waals surface area contributed by atoms with Crippen LogP contribution in [0, 0.1) is 0 Å². The van der Waals surface area contributed by atoms with E-state index < -0.39 is 0 Å². The molecule has 2 aromatic rings. The van der Waals surface area contributed by atoms with E-state index in [2.05, 4.69) is 42.2 Å². The fourth-order valence-electron chi connectivity index (χ4n) is 0.939. The zero-order chi connectivity index (χ0) is 8.72. The first-order valence-corrected chi connectivity index (χ1v) is 4.67. The Labute approximate surface area is 84.4 Å². The fraction of sp³-hybridized carbons (Fsp3) is 0. The van der Waals surface area contributed by atoms with Gasteiger partial charge in [0.1, 0.15) is 11.0 Å². The molecule has 1 heterocycles. The van der Waals surface area contributed by atoms with Crippen LogP contribution in [0.2, 0.25) is 0 Å². The van der Waals surface area contributed by atoms with E-state index in [1.165, 1.54) is 0 Å². The average molecular weight is 293 g/mol. The number of halogens is 2. The summed E-state index contributed by atoms with van der Waals surface area (Å²) in [6, 6.07) is 3.58. The minimum atomic E-state index is 0.566. The third-order valence-electron chi connectivity index (χ3n) is 1.45. The maximum absolute atomic E-state index is 9.16. The molecule has 4 nitrogen and oxygen atoms in total. The highest BCUT2D eigenvalue weighted by Crippen LogP contribution is 2.25. The van der Waals surface area contributed by atoms with E-state index in [9.17, 15) is 0 Å². The molecule has 0 saturated heterocycles. The number of fused-ring (bicyclic) bond motifs is 1. The topological polar surface area (TPSA) is 50.9 Å². The molecule has 0 radical (unpaired) electrons. The van der Waals surface area contributed by atoms with Crippen LogP contribution in [0.4, 0.5) is 0 Å². The standard InChI is InChI=1S/C6H3Br2N3O/c7-3-1-4(8)6-5(2-3)11(12)10-9-6/h1-2,12H. The van der Waals surface area contributed by atoms with Crippen LogP contribution in [0.1, 0.15) is 0 Å². The van der Waals surface area contributed by atoms with Gasteiger partial charge >= 0.3 is 0 Å². The van der Waals surface area contributed by atoms with E-state index in [1.54, 1.807) is 6.07 Å². The van der Waals surface area contributed by atoms with Crippen molar-refractivity contribution in [3.63, 3.8) is 0 Å². The van der Waals surface area contributed by atoms with Gasteiger partial charge in [-0.05, 0) is 33.3 Å². The molecule has 0 saturated carbocycles. The molecule has 12 heavy (non-hydrogen) atoms. The van der Waals surface area contributed by atoms with Crippen molar-refractivity contribution in [2.45, 2.75) is 0 Å². The number of rotatable bonds is 0. The van der Waals surface area contributed by atoms with E-state index in [4.69, 9.17) is 5.21 Å². The van der Waals surface area contributed by atoms with Crippen molar-refractivity contribution in [1.29, 1.82) is 0 Å². The molecule has 0 atom stereocenters. The van der Waals surface area contributed by atoms with Crippen LogP contribution < -0.4 is 0 Å². The Morgan fingerprint density at radius 2 is 2.08 bits per heavy atom. The highest BCUT2D eigenvalue weighted by molar-refractivity contribution is 9.11. The molecule has 0 amide bonds. The first kappa shape index (κ1) is 8.00. The number of benzene rings is 1. The summed E-state index contributed by atoms with van der Waals surface area (Å²) in [7, 11) is 0. The van der Waals surface area contributed by atoms with Gasteiger partial charge in [0.25, 0.3) is 0 Å². The normalized spacial score (nSPS) is 10.8. The molecule has 0 aliphatic rings. The second-order valence-electron chi connectivity index (χ2n) is 2.23. The highest BCUT2D eigenvalue weighted by Gasteiger charge is 2.07. The predicted octanol–water partition coefficient (Wildman–Crippen LogP) is 2.19.